The fraction of sp³-hybridized carbons (Fsp3) is 0.714. The van der Waals surface area contributed by atoms with E-state index in [0.717, 1.165) is 37.1 Å². The van der Waals surface area contributed by atoms with Crippen LogP contribution in [0.15, 0.2) is 11.6 Å². The molecule has 2 rings (SSSR count). The molecular weight excluding hydrogens is 258 g/mol. The number of carbonyl (C=O) groups is 1. The van der Waals surface area contributed by atoms with Gasteiger partial charge in [-0.2, -0.15) is 0 Å². The maximum absolute atomic E-state index is 12.4. The summed E-state index contributed by atoms with van der Waals surface area (Å²) in [6, 6.07) is 0. The SMILES string of the molecule is NCC1(C(=O)NCCc2nccs2)CCCCCC1. The average molecular weight is 281 g/mol. The van der Waals surface area contributed by atoms with Gasteiger partial charge < -0.3 is 11.1 Å². The summed E-state index contributed by atoms with van der Waals surface area (Å²) < 4.78 is 0. The highest BCUT2D eigenvalue weighted by atomic mass is 32.1. The van der Waals surface area contributed by atoms with E-state index in [-0.39, 0.29) is 11.3 Å². The molecule has 1 fully saturated rings. The third-order valence-electron chi connectivity index (χ3n) is 4.04. The molecule has 0 spiro atoms. The molecule has 0 radical (unpaired) electrons. The largest absolute Gasteiger partial charge is 0.355 e. The van der Waals surface area contributed by atoms with E-state index in [4.69, 9.17) is 5.73 Å². The normalized spacial score (nSPS) is 18.8. The summed E-state index contributed by atoms with van der Waals surface area (Å²) in [4.78, 5) is 16.6. The van der Waals surface area contributed by atoms with Gasteiger partial charge in [0.05, 0.1) is 10.4 Å². The van der Waals surface area contributed by atoms with Crippen molar-refractivity contribution in [3.63, 3.8) is 0 Å². The van der Waals surface area contributed by atoms with Crippen molar-refractivity contribution in [2.45, 2.75) is 44.9 Å². The topological polar surface area (TPSA) is 68.0 Å². The quantitative estimate of drug-likeness (QED) is 0.812. The molecule has 4 nitrogen and oxygen atoms in total. The molecule has 1 heterocycles. The number of amides is 1. The van der Waals surface area contributed by atoms with Crippen molar-refractivity contribution >= 4 is 17.2 Å². The smallest absolute Gasteiger partial charge is 0.227 e. The zero-order chi connectivity index (χ0) is 13.6. The molecule has 1 aliphatic carbocycles. The van der Waals surface area contributed by atoms with E-state index < -0.39 is 0 Å². The maximum atomic E-state index is 12.4. The molecule has 106 valence electrons. The number of carbonyl (C=O) groups excluding carboxylic acids is 1. The third-order valence-corrected chi connectivity index (χ3v) is 4.88. The zero-order valence-corrected chi connectivity index (χ0v) is 12.2. The van der Waals surface area contributed by atoms with Crippen LogP contribution in [0.1, 0.15) is 43.5 Å². The second kappa shape index (κ2) is 7.01. The van der Waals surface area contributed by atoms with E-state index in [1.54, 1.807) is 17.5 Å². The minimum Gasteiger partial charge on any atom is -0.355 e. The number of thiazole rings is 1. The van der Waals surface area contributed by atoms with Gasteiger partial charge in [-0.3, -0.25) is 4.79 Å². The fourth-order valence-electron chi connectivity index (χ4n) is 2.78. The van der Waals surface area contributed by atoms with Gasteiger partial charge in [0.2, 0.25) is 5.91 Å². The van der Waals surface area contributed by atoms with Crippen molar-refractivity contribution in [2.24, 2.45) is 11.1 Å². The second-order valence-corrected chi connectivity index (χ2v) is 6.31. The molecule has 0 aromatic carbocycles. The molecule has 0 atom stereocenters. The maximum Gasteiger partial charge on any atom is 0.227 e. The van der Waals surface area contributed by atoms with Crippen LogP contribution in [0.25, 0.3) is 0 Å². The van der Waals surface area contributed by atoms with E-state index in [2.05, 4.69) is 10.3 Å². The van der Waals surface area contributed by atoms with Gasteiger partial charge in [0.25, 0.3) is 0 Å². The lowest BCUT2D eigenvalue weighted by atomic mass is 9.79. The van der Waals surface area contributed by atoms with Crippen LogP contribution < -0.4 is 11.1 Å². The molecule has 0 unspecified atom stereocenters. The molecule has 0 aliphatic heterocycles. The first kappa shape index (κ1) is 14.5. The Bertz CT molecular complexity index is 383. The monoisotopic (exact) mass is 281 g/mol. The van der Waals surface area contributed by atoms with Crippen molar-refractivity contribution < 1.29 is 4.79 Å². The molecule has 1 aromatic heterocycles. The Hall–Kier alpha value is -0.940. The lowest BCUT2D eigenvalue weighted by molar-refractivity contribution is -0.131. The van der Waals surface area contributed by atoms with E-state index in [0.29, 0.717) is 13.1 Å². The molecular formula is C14H23N3OS. The number of nitrogens with two attached hydrogens (primary N) is 1. The second-order valence-electron chi connectivity index (χ2n) is 5.33. The molecule has 5 heteroatoms. The number of hydrogen-bond donors (Lipinski definition) is 2. The lowest BCUT2D eigenvalue weighted by Gasteiger charge is -2.29. The van der Waals surface area contributed by atoms with Crippen molar-refractivity contribution in [3.8, 4) is 0 Å². The Balaban J connectivity index is 1.85. The van der Waals surface area contributed by atoms with Crippen LogP contribution in [-0.2, 0) is 11.2 Å². The summed E-state index contributed by atoms with van der Waals surface area (Å²) in [5.41, 5.74) is 5.58. The highest BCUT2D eigenvalue weighted by Gasteiger charge is 2.36. The first-order valence-corrected chi connectivity index (χ1v) is 8.01. The Morgan fingerprint density at radius 2 is 2.11 bits per heavy atom. The summed E-state index contributed by atoms with van der Waals surface area (Å²) in [6.45, 7) is 1.13. The van der Waals surface area contributed by atoms with Gasteiger partial charge in [-0.15, -0.1) is 11.3 Å². The summed E-state index contributed by atoms with van der Waals surface area (Å²) in [7, 11) is 0. The summed E-state index contributed by atoms with van der Waals surface area (Å²) in [5.74, 6) is 0.147. The van der Waals surface area contributed by atoms with Gasteiger partial charge in [0.15, 0.2) is 0 Å². The Morgan fingerprint density at radius 3 is 2.68 bits per heavy atom. The number of rotatable bonds is 5. The van der Waals surface area contributed by atoms with Crippen LogP contribution in [0.2, 0.25) is 0 Å². The van der Waals surface area contributed by atoms with Gasteiger partial charge in [-0.1, -0.05) is 25.7 Å². The Labute approximate surface area is 118 Å². The van der Waals surface area contributed by atoms with E-state index in [9.17, 15) is 4.79 Å². The minimum atomic E-state index is -0.320. The molecule has 3 N–H and O–H groups in total. The van der Waals surface area contributed by atoms with Crippen LogP contribution in [-0.4, -0.2) is 24.0 Å². The van der Waals surface area contributed by atoms with E-state index in [1.165, 1.54) is 12.8 Å². The fourth-order valence-corrected chi connectivity index (χ4v) is 3.40. The standard InChI is InChI=1S/C14H23N3OS/c15-11-14(6-3-1-2-4-7-14)13(18)17-8-5-12-16-9-10-19-12/h9-10H,1-8,11,15H2,(H,17,18). The number of hydrogen-bond acceptors (Lipinski definition) is 4. The van der Waals surface area contributed by atoms with Gasteiger partial charge in [-0.25, -0.2) is 4.98 Å². The van der Waals surface area contributed by atoms with Gasteiger partial charge in [-0.05, 0) is 12.8 Å². The predicted octanol–water partition coefficient (Wildman–Crippen LogP) is 2.10. The first-order valence-electron chi connectivity index (χ1n) is 7.14. The molecule has 1 amide bonds. The Morgan fingerprint density at radius 1 is 1.37 bits per heavy atom. The Kier molecular flexibility index (Phi) is 5.34. The van der Waals surface area contributed by atoms with Crippen molar-refractivity contribution in [3.05, 3.63) is 16.6 Å². The number of nitrogens with zero attached hydrogens (tertiary/aromatic N) is 1. The van der Waals surface area contributed by atoms with Crippen LogP contribution >= 0.6 is 11.3 Å². The van der Waals surface area contributed by atoms with Gasteiger partial charge in [0, 0.05) is 31.1 Å². The summed E-state index contributed by atoms with van der Waals surface area (Å²) >= 11 is 1.63. The van der Waals surface area contributed by atoms with Crippen LogP contribution in [0.4, 0.5) is 0 Å². The number of aromatic nitrogens is 1. The highest BCUT2D eigenvalue weighted by Crippen LogP contribution is 2.34. The lowest BCUT2D eigenvalue weighted by Crippen LogP contribution is -2.46. The molecule has 1 aromatic rings. The molecule has 19 heavy (non-hydrogen) atoms. The van der Waals surface area contributed by atoms with Gasteiger partial charge >= 0.3 is 0 Å². The van der Waals surface area contributed by atoms with E-state index >= 15 is 0 Å². The van der Waals surface area contributed by atoms with Crippen LogP contribution in [0, 0.1) is 5.41 Å². The van der Waals surface area contributed by atoms with Crippen molar-refractivity contribution in [2.75, 3.05) is 13.1 Å². The summed E-state index contributed by atoms with van der Waals surface area (Å²) in [6.07, 6.45) is 9.19. The first-order chi connectivity index (χ1) is 9.27. The zero-order valence-electron chi connectivity index (χ0n) is 11.4. The highest BCUT2D eigenvalue weighted by molar-refractivity contribution is 7.09. The van der Waals surface area contributed by atoms with Gasteiger partial charge in [0.1, 0.15) is 0 Å². The molecule has 1 saturated carbocycles. The number of nitrogens with one attached hydrogen (secondary N) is 1. The van der Waals surface area contributed by atoms with E-state index in [1.807, 2.05) is 5.38 Å². The van der Waals surface area contributed by atoms with Crippen molar-refractivity contribution in [1.82, 2.24) is 10.3 Å². The molecule has 0 bridgehead atoms. The van der Waals surface area contributed by atoms with Crippen LogP contribution in [0.5, 0.6) is 0 Å². The average Bonchev–Trinajstić information content (AvgIpc) is 2.82. The predicted molar refractivity (Wildman–Crippen MR) is 78.0 cm³/mol. The minimum absolute atomic E-state index is 0.147. The molecule has 1 aliphatic rings. The summed E-state index contributed by atoms with van der Waals surface area (Å²) in [5, 5.41) is 6.09. The van der Waals surface area contributed by atoms with Crippen molar-refractivity contribution in [1.29, 1.82) is 0 Å². The molecule has 0 saturated heterocycles. The third kappa shape index (κ3) is 3.76. The van der Waals surface area contributed by atoms with Crippen LogP contribution in [0.3, 0.4) is 0 Å².